The van der Waals surface area contributed by atoms with Gasteiger partial charge in [0.2, 0.25) is 5.91 Å². The molecule has 0 bridgehead atoms. The molecule has 0 radical (unpaired) electrons. The van der Waals surface area contributed by atoms with Crippen molar-refractivity contribution in [2.75, 3.05) is 18.5 Å². The van der Waals surface area contributed by atoms with Crippen molar-refractivity contribution in [3.8, 4) is 5.69 Å². The van der Waals surface area contributed by atoms with Crippen LogP contribution in [0.2, 0.25) is 0 Å². The van der Waals surface area contributed by atoms with Crippen molar-refractivity contribution < 1.29 is 23.9 Å². The first-order chi connectivity index (χ1) is 16.9. The highest BCUT2D eigenvalue weighted by Gasteiger charge is 2.35. The molecule has 1 aliphatic rings. The number of hydrogen-bond acceptors (Lipinski definition) is 5. The lowest BCUT2D eigenvalue weighted by molar-refractivity contribution is -0.127. The number of benzene rings is 2. The van der Waals surface area contributed by atoms with Crippen molar-refractivity contribution in [2.24, 2.45) is 0 Å². The molecule has 0 unspecified atom stereocenters. The predicted molar refractivity (Wildman–Crippen MR) is 130 cm³/mol. The molecule has 4 rings (SSSR count). The first-order valence-electron chi connectivity index (χ1n) is 11.0. The van der Waals surface area contributed by atoms with Crippen molar-refractivity contribution in [3.05, 3.63) is 89.4 Å². The number of imide groups is 1. The third-order valence-corrected chi connectivity index (χ3v) is 5.41. The van der Waals surface area contributed by atoms with Gasteiger partial charge < -0.3 is 19.9 Å². The molecule has 2 aromatic carbocycles. The fourth-order valence-electron chi connectivity index (χ4n) is 3.63. The summed E-state index contributed by atoms with van der Waals surface area (Å²) in [4.78, 5) is 50.5. The van der Waals surface area contributed by atoms with E-state index in [9.17, 15) is 19.2 Å². The van der Waals surface area contributed by atoms with Gasteiger partial charge in [0.15, 0.2) is 0 Å². The Morgan fingerprint density at radius 2 is 1.77 bits per heavy atom. The summed E-state index contributed by atoms with van der Waals surface area (Å²) in [6.45, 7) is 3.48. The SMILES string of the molecule is CCOC(=O)c1ccc(-n2cccc2/C=C2\NC(=O)N(CC(=O)Nc3ccccc3C)C2=O)cc1. The van der Waals surface area contributed by atoms with Gasteiger partial charge in [0.1, 0.15) is 12.2 Å². The molecule has 2 heterocycles. The van der Waals surface area contributed by atoms with Crippen molar-refractivity contribution in [1.82, 2.24) is 14.8 Å². The zero-order chi connectivity index (χ0) is 24.9. The molecular formula is C26H24N4O5. The molecule has 35 heavy (non-hydrogen) atoms. The van der Waals surface area contributed by atoms with Gasteiger partial charge in [0.05, 0.1) is 12.2 Å². The zero-order valence-electron chi connectivity index (χ0n) is 19.3. The van der Waals surface area contributed by atoms with Gasteiger partial charge in [0.25, 0.3) is 5.91 Å². The van der Waals surface area contributed by atoms with Gasteiger partial charge in [-0.25, -0.2) is 14.5 Å². The van der Waals surface area contributed by atoms with Crippen LogP contribution in [0.3, 0.4) is 0 Å². The van der Waals surface area contributed by atoms with E-state index in [0.29, 0.717) is 23.6 Å². The van der Waals surface area contributed by atoms with Crippen LogP contribution in [0.5, 0.6) is 0 Å². The Morgan fingerprint density at radius 3 is 2.49 bits per heavy atom. The molecule has 9 heteroatoms. The van der Waals surface area contributed by atoms with E-state index in [0.717, 1.165) is 16.2 Å². The highest BCUT2D eigenvalue weighted by molar-refractivity contribution is 6.15. The molecule has 9 nitrogen and oxygen atoms in total. The molecule has 1 fully saturated rings. The number of amides is 4. The van der Waals surface area contributed by atoms with Gasteiger partial charge >= 0.3 is 12.0 Å². The average Bonchev–Trinajstić information content (AvgIpc) is 3.41. The van der Waals surface area contributed by atoms with E-state index < -0.39 is 30.4 Å². The standard InChI is InChI=1S/C26H24N4O5/c1-3-35-25(33)18-10-12-19(13-11-18)29-14-6-8-20(29)15-22-24(32)30(26(34)28-22)16-23(31)27-21-9-5-4-7-17(21)2/h4-15H,3,16H2,1-2H3,(H,27,31)(H,28,34)/b22-15-. The summed E-state index contributed by atoms with van der Waals surface area (Å²) < 4.78 is 6.80. The van der Waals surface area contributed by atoms with Crippen LogP contribution in [0.15, 0.2) is 72.6 Å². The summed E-state index contributed by atoms with van der Waals surface area (Å²) in [5, 5.41) is 5.25. The summed E-state index contributed by atoms with van der Waals surface area (Å²) in [5.74, 6) is -1.48. The number of nitrogens with one attached hydrogen (secondary N) is 2. The van der Waals surface area contributed by atoms with Crippen molar-refractivity contribution in [2.45, 2.75) is 13.8 Å². The fourth-order valence-corrected chi connectivity index (χ4v) is 3.63. The minimum atomic E-state index is -0.668. The normalized spacial score (nSPS) is 14.2. The second-order valence-electron chi connectivity index (χ2n) is 7.81. The van der Waals surface area contributed by atoms with Gasteiger partial charge in [-0.15, -0.1) is 0 Å². The molecule has 4 amide bonds. The molecule has 1 aliphatic heterocycles. The molecule has 1 saturated heterocycles. The van der Waals surface area contributed by atoms with E-state index in [2.05, 4.69) is 10.6 Å². The first-order valence-corrected chi connectivity index (χ1v) is 11.0. The Bertz CT molecular complexity index is 1320. The number of ether oxygens (including phenoxy) is 1. The van der Waals surface area contributed by atoms with E-state index in [1.54, 1.807) is 72.3 Å². The van der Waals surface area contributed by atoms with Gasteiger partial charge in [-0.1, -0.05) is 18.2 Å². The van der Waals surface area contributed by atoms with Crippen LogP contribution in [0.25, 0.3) is 11.8 Å². The lowest BCUT2D eigenvalue weighted by Gasteiger charge is -2.13. The van der Waals surface area contributed by atoms with Crippen LogP contribution in [0.4, 0.5) is 10.5 Å². The van der Waals surface area contributed by atoms with Crippen molar-refractivity contribution in [3.63, 3.8) is 0 Å². The van der Waals surface area contributed by atoms with Crippen LogP contribution in [-0.2, 0) is 14.3 Å². The number of carbonyl (C=O) groups excluding carboxylic acids is 4. The number of anilines is 1. The number of hydrogen-bond donors (Lipinski definition) is 2. The summed E-state index contributed by atoms with van der Waals surface area (Å²) >= 11 is 0. The number of nitrogens with zero attached hydrogens (tertiary/aromatic N) is 2. The highest BCUT2D eigenvalue weighted by atomic mass is 16.5. The van der Waals surface area contributed by atoms with E-state index >= 15 is 0 Å². The van der Waals surface area contributed by atoms with Crippen LogP contribution in [-0.4, -0.2) is 46.4 Å². The van der Waals surface area contributed by atoms with Gasteiger partial charge in [0, 0.05) is 23.3 Å². The maximum Gasteiger partial charge on any atom is 0.338 e. The smallest absolute Gasteiger partial charge is 0.338 e. The summed E-state index contributed by atoms with van der Waals surface area (Å²) in [6.07, 6.45) is 3.33. The first kappa shape index (κ1) is 23.5. The Morgan fingerprint density at radius 1 is 1.03 bits per heavy atom. The van der Waals surface area contributed by atoms with Gasteiger partial charge in [-0.05, 0) is 68.0 Å². The largest absolute Gasteiger partial charge is 0.462 e. The zero-order valence-corrected chi connectivity index (χ0v) is 19.3. The molecule has 0 aliphatic carbocycles. The second kappa shape index (κ2) is 10.1. The molecule has 2 N–H and O–H groups in total. The molecule has 1 aromatic heterocycles. The summed E-state index contributed by atoms with van der Waals surface area (Å²) in [7, 11) is 0. The monoisotopic (exact) mass is 472 g/mol. The number of aromatic nitrogens is 1. The minimum Gasteiger partial charge on any atom is -0.462 e. The van der Waals surface area contributed by atoms with Crippen molar-refractivity contribution in [1.29, 1.82) is 0 Å². The topological polar surface area (TPSA) is 110 Å². The third-order valence-electron chi connectivity index (χ3n) is 5.41. The molecule has 0 atom stereocenters. The maximum atomic E-state index is 12.9. The number of carbonyl (C=O) groups is 4. The molecular weight excluding hydrogens is 448 g/mol. The quantitative estimate of drug-likeness (QED) is 0.311. The van der Waals surface area contributed by atoms with E-state index in [4.69, 9.17) is 4.74 Å². The van der Waals surface area contributed by atoms with Gasteiger partial charge in [-0.2, -0.15) is 0 Å². The number of rotatable bonds is 7. The van der Waals surface area contributed by atoms with Crippen LogP contribution in [0.1, 0.15) is 28.5 Å². The Kier molecular flexibility index (Phi) is 6.77. The number of urea groups is 1. The van der Waals surface area contributed by atoms with Gasteiger partial charge in [-0.3, -0.25) is 9.59 Å². The Labute approximate surface area is 202 Å². The molecule has 178 valence electrons. The summed E-state index contributed by atoms with van der Waals surface area (Å²) in [5.41, 5.74) is 3.36. The van der Waals surface area contributed by atoms with Crippen molar-refractivity contribution >= 4 is 35.6 Å². The predicted octanol–water partition coefficient (Wildman–Crippen LogP) is 3.49. The lowest BCUT2D eigenvalue weighted by Crippen LogP contribution is -2.38. The van der Waals surface area contributed by atoms with Crippen LogP contribution >= 0.6 is 0 Å². The van der Waals surface area contributed by atoms with E-state index in [1.807, 2.05) is 19.1 Å². The van der Waals surface area contributed by atoms with E-state index in [-0.39, 0.29) is 5.70 Å². The highest BCUT2D eigenvalue weighted by Crippen LogP contribution is 2.20. The van der Waals surface area contributed by atoms with Crippen LogP contribution < -0.4 is 10.6 Å². The second-order valence-corrected chi connectivity index (χ2v) is 7.81. The third kappa shape index (κ3) is 5.14. The number of para-hydroxylation sites is 1. The molecule has 0 spiro atoms. The molecule has 0 saturated carbocycles. The molecule has 3 aromatic rings. The Hall–Kier alpha value is -4.66. The minimum absolute atomic E-state index is 0.0572. The summed E-state index contributed by atoms with van der Waals surface area (Å²) in [6, 6.07) is 17.0. The lowest BCUT2D eigenvalue weighted by atomic mass is 10.2. The van der Waals surface area contributed by atoms with Crippen LogP contribution in [0, 0.1) is 6.92 Å². The van der Waals surface area contributed by atoms with E-state index in [1.165, 1.54) is 0 Å². The maximum absolute atomic E-state index is 12.9. The average molecular weight is 473 g/mol. The fraction of sp³-hybridized carbons (Fsp3) is 0.154. The number of aryl methyl sites for hydroxylation is 1. The number of esters is 1. The Balaban J connectivity index is 1.49.